The molecule has 0 atom stereocenters. The van der Waals surface area contributed by atoms with Gasteiger partial charge in [0.15, 0.2) is 5.78 Å². The second kappa shape index (κ2) is 5.34. The summed E-state index contributed by atoms with van der Waals surface area (Å²) in [5.74, 6) is -0.327. The van der Waals surface area contributed by atoms with Crippen molar-refractivity contribution in [3.63, 3.8) is 0 Å². The van der Waals surface area contributed by atoms with Crippen molar-refractivity contribution in [1.82, 2.24) is 4.90 Å². The largest absolute Gasteiger partial charge is 0.472 e. The van der Waals surface area contributed by atoms with Gasteiger partial charge in [0.05, 0.1) is 18.2 Å². The minimum atomic E-state index is -0.194. The molecule has 0 bridgehead atoms. The summed E-state index contributed by atoms with van der Waals surface area (Å²) in [6.45, 7) is 5.05. The van der Waals surface area contributed by atoms with Crippen LogP contribution in [0.1, 0.15) is 30.6 Å². The van der Waals surface area contributed by atoms with Crippen LogP contribution in [-0.2, 0) is 4.79 Å². The molecule has 1 amide bonds. The molecule has 15 heavy (non-hydrogen) atoms. The normalized spacial score (nSPS) is 10.0. The summed E-state index contributed by atoms with van der Waals surface area (Å²) in [7, 11) is 0. The number of Topliss-reactive ketones (excluding diaryl/α,β-unsaturated/α-hetero) is 1. The lowest BCUT2D eigenvalue weighted by atomic mass is 10.1. The molecule has 0 saturated carbocycles. The average Bonchev–Trinajstić information content (AvgIpc) is 2.72. The summed E-state index contributed by atoms with van der Waals surface area (Å²) in [5.41, 5.74) is 0.454. The van der Waals surface area contributed by atoms with Gasteiger partial charge in [-0.3, -0.25) is 9.59 Å². The fourth-order valence-corrected chi connectivity index (χ4v) is 1.35. The van der Waals surface area contributed by atoms with Crippen LogP contribution < -0.4 is 0 Å². The molecule has 0 aliphatic heterocycles. The molecule has 4 heteroatoms. The number of amides is 1. The molecular weight excluding hydrogens is 194 g/mol. The van der Waals surface area contributed by atoms with Gasteiger partial charge in [-0.15, -0.1) is 0 Å². The maximum atomic E-state index is 11.6. The lowest BCUT2D eigenvalue weighted by molar-refractivity contribution is -0.129. The second-order valence-electron chi connectivity index (χ2n) is 3.18. The predicted molar refractivity (Wildman–Crippen MR) is 55.6 cm³/mol. The first kappa shape index (κ1) is 11.5. The maximum absolute atomic E-state index is 11.6. The van der Waals surface area contributed by atoms with Crippen molar-refractivity contribution in [3.8, 4) is 0 Å². The van der Waals surface area contributed by atoms with Crippen molar-refractivity contribution in [2.24, 2.45) is 0 Å². The van der Waals surface area contributed by atoms with Crippen LogP contribution in [0.5, 0.6) is 0 Å². The van der Waals surface area contributed by atoms with Crippen molar-refractivity contribution in [3.05, 3.63) is 24.2 Å². The highest BCUT2D eigenvalue weighted by Gasteiger charge is 2.16. The molecule has 0 unspecified atom stereocenters. The number of nitrogens with zero attached hydrogens (tertiary/aromatic N) is 1. The van der Waals surface area contributed by atoms with Gasteiger partial charge < -0.3 is 9.32 Å². The molecule has 82 valence electrons. The molecule has 4 nitrogen and oxygen atoms in total. The molecule has 0 spiro atoms. The molecule has 1 aromatic rings. The number of ketones is 1. The summed E-state index contributed by atoms with van der Waals surface area (Å²) in [4.78, 5) is 24.8. The molecule has 0 saturated heterocycles. The Labute approximate surface area is 88.9 Å². The Hall–Kier alpha value is -1.58. The Balaban J connectivity index is 2.55. The lowest BCUT2D eigenvalue weighted by Crippen LogP contribution is -2.31. The van der Waals surface area contributed by atoms with E-state index in [1.807, 2.05) is 13.8 Å². The van der Waals surface area contributed by atoms with Crippen molar-refractivity contribution in [2.75, 3.05) is 13.1 Å². The van der Waals surface area contributed by atoms with E-state index in [1.165, 1.54) is 12.5 Å². The molecular formula is C11H15NO3. The van der Waals surface area contributed by atoms with Gasteiger partial charge in [0, 0.05) is 13.1 Å². The van der Waals surface area contributed by atoms with Crippen molar-refractivity contribution in [1.29, 1.82) is 0 Å². The van der Waals surface area contributed by atoms with Gasteiger partial charge >= 0.3 is 0 Å². The van der Waals surface area contributed by atoms with Crippen LogP contribution in [0, 0.1) is 0 Å². The van der Waals surface area contributed by atoms with E-state index in [9.17, 15) is 9.59 Å². The van der Waals surface area contributed by atoms with Crippen LogP contribution >= 0.6 is 0 Å². The molecule has 0 aliphatic rings. The summed E-state index contributed by atoms with van der Waals surface area (Å²) in [6.07, 6.45) is 2.70. The topological polar surface area (TPSA) is 50.5 Å². The standard InChI is InChI=1S/C11H15NO3/c1-3-12(4-2)11(14)7-10(13)9-5-6-15-8-9/h5-6,8H,3-4,7H2,1-2H3. The number of hydrogen-bond donors (Lipinski definition) is 0. The molecule has 1 aromatic heterocycles. The highest BCUT2D eigenvalue weighted by atomic mass is 16.3. The fourth-order valence-electron chi connectivity index (χ4n) is 1.35. The van der Waals surface area contributed by atoms with E-state index in [-0.39, 0.29) is 18.1 Å². The Morgan fingerprint density at radius 1 is 1.33 bits per heavy atom. The van der Waals surface area contributed by atoms with Gasteiger partial charge in [-0.2, -0.15) is 0 Å². The molecule has 1 rings (SSSR count). The van der Waals surface area contributed by atoms with Gasteiger partial charge in [-0.05, 0) is 19.9 Å². The minimum absolute atomic E-state index is 0.0821. The third-order valence-corrected chi connectivity index (χ3v) is 2.27. The SMILES string of the molecule is CCN(CC)C(=O)CC(=O)c1ccoc1. The second-order valence-corrected chi connectivity index (χ2v) is 3.18. The van der Waals surface area contributed by atoms with E-state index >= 15 is 0 Å². The van der Waals surface area contributed by atoms with Gasteiger partial charge in [-0.25, -0.2) is 0 Å². The van der Waals surface area contributed by atoms with Crippen LogP contribution in [0.2, 0.25) is 0 Å². The van der Waals surface area contributed by atoms with Crippen LogP contribution in [0.15, 0.2) is 23.0 Å². The van der Waals surface area contributed by atoms with Crippen molar-refractivity contribution in [2.45, 2.75) is 20.3 Å². The van der Waals surface area contributed by atoms with Crippen LogP contribution in [0.4, 0.5) is 0 Å². The van der Waals surface area contributed by atoms with E-state index in [1.54, 1.807) is 11.0 Å². The first-order valence-electron chi connectivity index (χ1n) is 5.02. The van der Waals surface area contributed by atoms with E-state index in [0.29, 0.717) is 18.7 Å². The monoisotopic (exact) mass is 209 g/mol. The van der Waals surface area contributed by atoms with E-state index in [0.717, 1.165) is 0 Å². The molecule has 0 N–H and O–H groups in total. The molecule has 0 radical (unpaired) electrons. The number of rotatable bonds is 5. The molecule has 0 aromatic carbocycles. The van der Waals surface area contributed by atoms with Crippen molar-refractivity contribution < 1.29 is 14.0 Å². The summed E-state index contributed by atoms with van der Waals surface area (Å²) in [5, 5.41) is 0. The van der Waals surface area contributed by atoms with Crippen molar-refractivity contribution >= 4 is 11.7 Å². The van der Waals surface area contributed by atoms with Crippen LogP contribution in [-0.4, -0.2) is 29.7 Å². The first-order valence-corrected chi connectivity index (χ1v) is 5.02. The Morgan fingerprint density at radius 3 is 2.47 bits per heavy atom. The fraction of sp³-hybridized carbons (Fsp3) is 0.455. The lowest BCUT2D eigenvalue weighted by Gasteiger charge is -2.17. The van der Waals surface area contributed by atoms with Gasteiger partial charge in [0.1, 0.15) is 6.26 Å². The zero-order valence-electron chi connectivity index (χ0n) is 9.03. The zero-order valence-corrected chi connectivity index (χ0v) is 9.03. The highest BCUT2D eigenvalue weighted by Crippen LogP contribution is 2.05. The van der Waals surface area contributed by atoms with E-state index in [4.69, 9.17) is 4.42 Å². The van der Waals surface area contributed by atoms with Crippen LogP contribution in [0.25, 0.3) is 0 Å². The Bertz CT molecular complexity index is 326. The number of hydrogen-bond acceptors (Lipinski definition) is 3. The van der Waals surface area contributed by atoms with Gasteiger partial charge in [0.25, 0.3) is 0 Å². The first-order chi connectivity index (χ1) is 7.19. The summed E-state index contributed by atoms with van der Waals surface area (Å²) < 4.78 is 4.78. The predicted octanol–water partition coefficient (Wildman–Crippen LogP) is 1.72. The maximum Gasteiger partial charge on any atom is 0.230 e. The average molecular weight is 209 g/mol. The third-order valence-electron chi connectivity index (χ3n) is 2.27. The molecule has 1 heterocycles. The summed E-state index contributed by atoms with van der Waals surface area (Å²) >= 11 is 0. The highest BCUT2D eigenvalue weighted by molar-refractivity contribution is 6.07. The molecule has 0 aliphatic carbocycles. The van der Waals surface area contributed by atoms with Gasteiger partial charge in [0.2, 0.25) is 5.91 Å². The zero-order chi connectivity index (χ0) is 11.3. The Kier molecular flexibility index (Phi) is 4.09. The van der Waals surface area contributed by atoms with E-state index in [2.05, 4.69) is 0 Å². The van der Waals surface area contributed by atoms with Crippen LogP contribution in [0.3, 0.4) is 0 Å². The number of carbonyl (C=O) groups excluding carboxylic acids is 2. The van der Waals surface area contributed by atoms with E-state index < -0.39 is 0 Å². The molecule has 0 fully saturated rings. The minimum Gasteiger partial charge on any atom is -0.472 e. The smallest absolute Gasteiger partial charge is 0.230 e. The number of furan rings is 1. The Morgan fingerprint density at radius 2 is 2.00 bits per heavy atom. The third kappa shape index (κ3) is 2.94. The number of carbonyl (C=O) groups is 2. The quantitative estimate of drug-likeness (QED) is 0.548. The summed E-state index contributed by atoms with van der Waals surface area (Å²) in [6, 6.07) is 1.57. The van der Waals surface area contributed by atoms with Gasteiger partial charge in [-0.1, -0.05) is 0 Å².